The largest absolute Gasteiger partial charge is 0.507 e. The first-order valence-electron chi connectivity index (χ1n) is 13.2. The van der Waals surface area contributed by atoms with Crippen molar-refractivity contribution in [2.24, 2.45) is 5.92 Å². The molecule has 0 aliphatic carbocycles. The van der Waals surface area contributed by atoms with Crippen molar-refractivity contribution in [1.82, 2.24) is 0 Å². The quantitative estimate of drug-likeness (QED) is 0.246. The highest BCUT2D eigenvalue weighted by atomic mass is 16.7. The molecule has 3 aromatic rings. The summed E-state index contributed by atoms with van der Waals surface area (Å²) in [5.41, 5.74) is 2.20. The second kappa shape index (κ2) is 9.45. The number of phenols is 1. The molecule has 0 aromatic heterocycles. The number of nitro benzene ring substituents is 1. The van der Waals surface area contributed by atoms with Crippen molar-refractivity contribution >= 4 is 28.9 Å². The van der Waals surface area contributed by atoms with E-state index in [0.29, 0.717) is 5.69 Å². The minimum absolute atomic E-state index is 0.138. The lowest BCUT2D eigenvalue weighted by atomic mass is 9.76. The number of benzene rings is 3. The third-order valence-electron chi connectivity index (χ3n) is 7.53. The number of carbonyl (C=O) groups is 2. The van der Waals surface area contributed by atoms with Crippen molar-refractivity contribution in [3.05, 3.63) is 93.5 Å². The van der Waals surface area contributed by atoms with Gasteiger partial charge in [0, 0.05) is 12.1 Å². The molecular formula is C31H33N3O6. The first-order chi connectivity index (χ1) is 18.7. The van der Waals surface area contributed by atoms with Crippen LogP contribution >= 0.6 is 0 Å². The summed E-state index contributed by atoms with van der Waals surface area (Å²) in [4.78, 5) is 45.6. The second-order valence-corrected chi connectivity index (χ2v) is 12.4. The molecule has 208 valence electrons. The molecule has 2 aliphatic rings. The van der Waals surface area contributed by atoms with Gasteiger partial charge in [0.2, 0.25) is 5.91 Å². The average Bonchev–Trinajstić information content (AvgIpc) is 3.39. The lowest BCUT2D eigenvalue weighted by Crippen LogP contribution is -2.37. The van der Waals surface area contributed by atoms with Crippen molar-refractivity contribution in [1.29, 1.82) is 0 Å². The highest BCUT2D eigenvalue weighted by Crippen LogP contribution is 2.50. The highest BCUT2D eigenvalue weighted by Gasteiger charge is 2.60. The van der Waals surface area contributed by atoms with Crippen molar-refractivity contribution in [2.45, 2.75) is 64.5 Å². The highest BCUT2D eigenvalue weighted by molar-refractivity contribution is 6.24. The van der Waals surface area contributed by atoms with E-state index in [9.17, 15) is 24.8 Å². The van der Waals surface area contributed by atoms with Crippen LogP contribution in [0.3, 0.4) is 0 Å². The van der Waals surface area contributed by atoms with Gasteiger partial charge >= 0.3 is 0 Å². The van der Waals surface area contributed by atoms with E-state index in [4.69, 9.17) is 4.84 Å². The molecule has 40 heavy (non-hydrogen) atoms. The Morgan fingerprint density at radius 2 is 1.38 bits per heavy atom. The third-order valence-corrected chi connectivity index (χ3v) is 7.53. The van der Waals surface area contributed by atoms with Gasteiger partial charge < -0.3 is 5.11 Å². The van der Waals surface area contributed by atoms with Crippen LogP contribution in [0.1, 0.15) is 64.3 Å². The second-order valence-electron chi connectivity index (χ2n) is 12.4. The number of fused-ring (bicyclic) bond motifs is 1. The maximum atomic E-state index is 14.0. The monoisotopic (exact) mass is 543 g/mol. The topological polar surface area (TPSA) is 113 Å². The van der Waals surface area contributed by atoms with E-state index in [2.05, 4.69) is 0 Å². The summed E-state index contributed by atoms with van der Waals surface area (Å²) in [6.45, 7) is 12.1. The molecule has 0 radical (unpaired) electrons. The van der Waals surface area contributed by atoms with E-state index >= 15 is 0 Å². The van der Waals surface area contributed by atoms with Gasteiger partial charge in [0.1, 0.15) is 11.7 Å². The molecular weight excluding hydrogens is 510 g/mol. The number of rotatable bonds is 4. The molecule has 2 aliphatic heterocycles. The summed E-state index contributed by atoms with van der Waals surface area (Å²) in [5, 5.41) is 24.1. The van der Waals surface area contributed by atoms with Gasteiger partial charge in [-0.3, -0.25) is 24.5 Å². The van der Waals surface area contributed by atoms with Crippen LogP contribution in [0.25, 0.3) is 0 Å². The van der Waals surface area contributed by atoms with Crippen LogP contribution in [0.15, 0.2) is 66.7 Å². The van der Waals surface area contributed by atoms with E-state index in [1.165, 1.54) is 24.3 Å². The number of anilines is 2. The lowest BCUT2D eigenvalue weighted by molar-refractivity contribution is -0.384. The number of aromatic hydroxyl groups is 1. The molecule has 0 spiro atoms. The predicted octanol–water partition coefficient (Wildman–Crippen LogP) is 5.95. The number of non-ortho nitro benzene ring substituents is 1. The van der Waals surface area contributed by atoms with Gasteiger partial charge in [-0.15, -0.1) is 0 Å². The number of nitrogens with zero attached hydrogens (tertiary/aromatic N) is 3. The molecule has 0 bridgehead atoms. The Kier molecular flexibility index (Phi) is 6.45. The molecule has 3 aromatic carbocycles. The van der Waals surface area contributed by atoms with E-state index in [0.717, 1.165) is 21.6 Å². The van der Waals surface area contributed by atoms with Gasteiger partial charge in [-0.25, -0.2) is 9.96 Å². The van der Waals surface area contributed by atoms with Gasteiger partial charge in [0.15, 0.2) is 6.10 Å². The molecule has 2 amide bonds. The number of nitro groups is 1. The Labute approximate surface area is 233 Å². The van der Waals surface area contributed by atoms with Gasteiger partial charge in [0.05, 0.1) is 22.3 Å². The van der Waals surface area contributed by atoms with E-state index in [1.807, 2.05) is 84.0 Å². The number of carbonyl (C=O) groups excluding carboxylic acids is 2. The number of amides is 2. The fraction of sp³-hybridized carbons (Fsp3) is 0.355. The Bertz CT molecular complexity index is 1450. The number of phenolic OH excluding ortho intramolecular Hbond substituents is 1. The van der Waals surface area contributed by atoms with Crippen LogP contribution in [0.4, 0.5) is 17.1 Å². The summed E-state index contributed by atoms with van der Waals surface area (Å²) in [6, 6.07) is 17.8. The van der Waals surface area contributed by atoms with Gasteiger partial charge in [-0.05, 0) is 63.9 Å². The Morgan fingerprint density at radius 1 is 0.825 bits per heavy atom. The summed E-state index contributed by atoms with van der Waals surface area (Å²) in [5.74, 6) is -1.65. The first kappa shape index (κ1) is 27.3. The van der Waals surface area contributed by atoms with E-state index in [-0.39, 0.29) is 17.1 Å². The molecule has 9 heteroatoms. The molecule has 2 fully saturated rings. The van der Waals surface area contributed by atoms with Crippen LogP contribution in [0.2, 0.25) is 0 Å². The number of hydrogen-bond donors (Lipinski definition) is 1. The first-order valence-corrected chi connectivity index (χ1v) is 13.2. The van der Waals surface area contributed by atoms with Crippen LogP contribution in [-0.2, 0) is 25.3 Å². The summed E-state index contributed by atoms with van der Waals surface area (Å²) >= 11 is 0. The smallest absolute Gasteiger partial charge is 0.269 e. The molecule has 2 saturated heterocycles. The fourth-order valence-corrected chi connectivity index (χ4v) is 5.50. The molecule has 0 unspecified atom stereocenters. The normalized spacial score (nSPS) is 21.2. The molecule has 3 atom stereocenters. The zero-order valence-corrected chi connectivity index (χ0v) is 23.4. The Morgan fingerprint density at radius 3 is 1.88 bits per heavy atom. The van der Waals surface area contributed by atoms with Crippen LogP contribution in [-0.4, -0.2) is 27.9 Å². The van der Waals surface area contributed by atoms with Gasteiger partial charge in [0.25, 0.3) is 11.6 Å². The Hall–Kier alpha value is -4.24. The minimum Gasteiger partial charge on any atom is -0.507 e. The van der Waals surface area contributed by atoms with Crippen molar-refractivity contribution in [3.63, 3.8) is 0 Å². The standard InChI is InChI=1S/C31H33N3O6/c1-30(2,3)22-16-18(17-23(26(22)35)31(4,5)6)25-24-27(40-33(25)20-10-8-7-9-11-20)29(37)32(28(24)36)19-12-14-21(15-13-19)34(38)39/h7-17,24-25,27,35H,1-6H3/t24-,25+,27-/m0/s1. The molecule has 9 nitrogen and oxygen atoms in total. The molecule has 2 heterocycles. The van der Waals surface area contributed by atoms with Crippen LogP contribution in [0, 0.1) is 16.0 Å². The predicted molar refractivity (Wildman–Crippen MR) is 151 cm³/mol. The van der Waals surface area contributed by atoms with Crippen LogP contribution in [0.5, 0.6) is 5.75 Å². The van der Waals surface area contributed by atoms with Crippen molar-refractivity contribution < 1.29 is 24.5 Å². The number of hydrogen-bond acceptors (Lipinski definition) is 7. The SMILES string of the molecule is CC(C)(C)c1cc([C@@H]2[C@@H]3C(=O)N(c4ccc([N+](=O)[O-])cc4)C(=O)[C@H]3ON2c2ccccc2)cc(C(C)(C)C)c1O. The van der Waals surface area contributed by atoms with Gasteiger partial charge in [-0.2, -0.15) is 0 Å². The van der Waals surface area contributed by atoms with Gasteiger partial charge in [-0.1, -0.05) is 59.7 Å². The maximum Gasteiger partial charge on any atom is 0.269 e. The number of para-hydroxylation sites is 1. The van der Waals surface area contributed by atoms with Crippen LogP contribution < -0.4 is 9.96 Å². The summed E-state index contributed by atoms with van der Waals surface area (Å²) in [7, 11) is 0. The molecule has 0 saturated carbocycles. The average molecular weight is 544 g/mol. The summed E-state index contributed by atoms with van der Waals surface area (Å²) in [6.07, 6.45) is -1.09. The van der Waals surface area contributed by atoms with Crippen molar-refractivity contribution in [3.8, 4) is 5.75 Å². The minimum atomic E-state index is -1.09. The van der Waals surface area contributed by atoms with E-state index < -0.39 is 45.6 Å². The lowest BCUT2D eigenvalue weighted by Gasteiger charge is -2.32. The van der Waals surface area contributed by atoms with Crippen molar-refractivity contribution in [2.75, 3.05) is 9.96 Å². The third kappa shape index (κ3) is 4.50. The fourth-order valence-electron chi connectivity index (χ4n) is 5.50. The molecule has 5 rings (SSSR count). The Balaban J connectivity index is 1.67. The van der Waals surface area contributed by atoms with E-state index in [1.54, 1.807) is 5.06 Å². The maximum absolute atomic E-state index is 14.0. The number of hydroxylamine groups is 1. The summed E-state index contributed by atoms with van der Waals surface area (Å²) < 4.78 is 0. The molecule has 1 N–H and O–H groups in total. The zero-order valence-electron chi connectivity index (χ0n) is 23.4. The number of imide groups is 1. The zero-order chi connectivity index (χ0) is 29.1.